The van der Waals surface area contributed by atoms with Crippen molar-refractivity contribution in [3.63, 3.8) is 0 Å². The van der Waals surface area contributed by atoms with Crippen molar-refractivity contribution >= 4 is 10.1 Å². The molecule has 1 atom stereocenters. The third-order valence-electron chi connectivity index (χ3n) is 3.12. The van der Waals surface area contributed by atoms with Gasteiger partial charge < -0.3 is 14.0 Å². The third-order valence-corrected chi connectivity index (χ3v) is 4.10. The Morgan fingerprint density at radius 2 is 2.00 bits per heavy atom. The van der Waals surface area contributed by atoms with E-state index in [0.29, 0.717) is 5.56 Å². The van der Waals surface area contributed by atoms with Gasteiger partial charge in [0, 0.05) is 0 Å². The molecule has 0 aliphatic carbocycles. The lowest BCUT2D eigenvalue weighted by Gasteiger charge is -2.35. The first kappa shape index (κ1) is 16.1. The van der Waals surface area contributed by atoms with Crippen LogP contribution in [0.4, 0.5) is 13.2 Å². The summed E-state index contributed by atoms with van der Waals surface area (Å²) in [5.74, 6) is -0.511. The summed E-state index contributed by atoms with van der Waals surface area (Å²) in [6.07, 6.45) is -1.06. The average Bonchev–Trinajstić information content (AvgIpc) is 2.32. The number of hydrogen-bond acceptors (Lipinski definition) is 5. The summed E-state index contributed by atoms with van der Waals surface area (Å²) in [6, 6.07) is 3.54. The smallest absolute Gasteiger partial charge is 0.386 e. The summed E-state index contributed by atoms with van der Waals surface area (Å²) < 4.78 is 68.2. The Balaban J connectivity index is 2.41. The van der Waals surface area contributed by atoms with Crippen LogP contribution in [0, 0.1) is 0 Å². The van der Waals surface area contributed by atoms with Crippen molar-refractivity contribution in [3.8, 4) is 5.75 Å². The van der Waals surface area contributed by atoms with Crippen molar-refractivity contribution in [1.29, 1.82) is 0 Å². The highest BCUT2D eigenvalue weighted by Gasteiger charge is 2.48. The van der Waals surface area contributed by atoms with Crippen molar-refractivity contribution in [3.05, 3.63) is 29.3 Å². The van der Waals surface area contributed by atoms with E-state index in [0.717, 1.165) is 12.1 Å². The van der Waals surface area contributed by atoms with Crippen LogP contribution in [0.1, 0.15) is 31.1 Å². The van der Waals surface area contributed by atoms with E-state index in [1.54, 1.807) is 13.8 Å². The minimum absolute atomic E-state index is 0.0462. The predicted octanol–water partition coefficient (Wildman–Crippen LogP) is 2.21. The van der Waals surface area contributed by atoms with Gasteiger partial charge in [0.1, 0.15) is 11.9 Å². The molecule has 1 N–H and O–H groups in total. The van der Waals surface area contributed by atoms with E-state index in [4.69, 9.17) is 4.74 Å². The fourth-order valence-corrected chi connectivity index (χ4v) is 2.50. The Morgan fingerprint density at radius 1 is 1.38 bits per heavy atom. The molecule has 0 saturated carbocycles. The van der Waals surface area contributed by atoms with Gasteiger partial charge in [0.2, 0.25) is 0 Å². The Bertz CT molecular complexity index is 651. The van der Waals surface area contributed by atoms with Crippen molar-refractivity contribution in [2.45, 2.75) is 31.1 Å². The van der Waals surface area contributed by atoms with Gasteiger partial charge in [0.05, 0.1) is 12.2 Å². The number of rotatable bonds is 2. The van der Waals surface area contributed by atoms with Gasteiger partial charge in [0.25, 0.3) is 0 Å². The quantitative estimate of drug-likeness (QED) is 0.666. The summed E-state index contributed by atoms with van der Waals surface area (Å²) in [6.45, 7) is 3.41. The van der Waals surface area contributed by atoms with Gasteiger partial charge in [-0.15, -0.1) is 0 Å². The van der Waals surface area contributed by atoms with Gasteiger partial charge in [-0.3, -0.25) is 0 Å². The lowest BCUT2D eigenvalue weighted by Crippen LogP contribution is -2.32. The van der Waals surface area contributed by atoms with Crippen molar-refractivity contribution in [1.82, 2.24) is 0 Å². The van der Waals surface area contributed by atoms with Crippen LogP contribution < -0.4 is 4.18 Å². The molecule has 0 fully saturated rings. The normalized spacial score (nSPS) is 21.7. The molecule has 1 unspecified atom stereocenters. The first-order valence-corrected chi connectivity index (χ1v) is 7.32. The number of aliphatic hydroxyl groups is 1. The zero-order valence-corrected chi connectivity index (χ0v) is 12.0. The maximum atomic E-state index is 12.3. The molecule has 118 valence electrons. The highest BCUT2D eigenvalue weighted by atomic mass is 32.2. The molecule has 9 heteroatoms. The van der Waals surface area contributed by atoms with Gasteiger partial charge in [-0.2, -0.15) is 21.6 Å². The molecule has 1 aliphatic heterocycles. The molecule has 1 aromatic carbocycles. The van der Waals surface area contributed by atoms with Gasteiger partial charge >= 0.3 is 15.6 Å². The molecule has 0 amide bonds. The number of fused-ring (bicyclic) bond motifs is 1. The Labute approximate surface area is 119 Å². The van der Waals surface area contributed by atoms with E-state index >= 15 is 0 Å². The maximum Gasteiger partial charge on any atom is 0.534 e. The molecule has 1 heterocycles. The number of aliphatic hydroxyl groups excluding tert-OH is 1. The van der Waals surface area contributed by atoms with Crippen LogP contribution >= 0.6 is 0 Å². The number of halogens is 3. The third kappa shape index (κ3) is 2.99. The maximum absolute atomic E-state index is 12.3. The highest BCUT2D eigenvalue weighted by Crippen LogP contribution is 2.39. The fourth-order valence-electron chi connectivity index (χ4n) is 2.05. The number of alkyl halides is 3. The monoisotopic (exact) mass is 326 g/mol. The van der Waals surface area contributed by atoms with E-state index < -0.39 is 33.1 Å². The van der Waals surface area contributed by atoms with Crippen LogP contribution in [0.25, 0.3) is 0 Å². The van der Waals surface area contributed by atoms with Gasteiger partial charge in [-0.05, 0) is 37.1 Å². The average molecular weight is 326 g/mol. The Hall–Kier alpha value is -1.32. The second kappa shape index (κ2) is 4.85. The molecule has 0 radical (unpaired) electrons. The van der Waals surface area contributed by atoms with E-state index in [-0.39, 0.29) is 12.2 Å². The largest absolute Gasteiger partial charge is 0.534 e. The van der Waals surface area contributed by atoms with Crippen molar-refractivity contribution in [2.75, 3.05) is 6.61 Å². The number of hydrogen-bond donors (Lipinski definition) is 1. The van der Waals surface area contributed by atoms with E-state index in [1.807, 2.05) is 0 Å². The number of ether oxygens (including phenoxy) is 1. The Morgan fingerprint density at radius 3 is 2.57 bits per heavy atom. The zero-order valence-electron chi connectivity index (χ0n) is 11.1. The molecule has 5 nitrogen and oxygen atoms in total. The summed E-state index contributed by atoms with van der Waals surface area (Å²) in [5.41, 5.74) is -5.42. The van der Waals surface area contributed by atoms with Crippen LogP contribution in [0.3, 0.4) is 0 Å². The summed E-state index contributed by atoms with van der Waals surface area (Å²) in [5, 5.41) is 9.82. The lowest BCUT2D eigenvalue weighted by molar-refractivity contribution is -0.0825. The second-order valence-corrected chi connectivity index (χ2v) is 6.61. The second-order valence-electron chi connectivity index (χ2n) is 5.07. The summed E-state index contributed by atoms with van der Waals surface area (Å²) >= 11 is 0. The molecule has 21 heavy (non-hydrogen) atoms. The molecule has 2 rings (SSSR count). The first-order valence-electron chi connectivity index (χ1n) is 5.91. The minimum Gasteiger partial charge on any atom is -0.386 e. The molecule has 0 aromatic heterocycles. The summed E-state index contributed by atoms with van der Waals surface area (Å²) in [4.78, 5) is 0. The topological polar surface area (TPSA) is 72.8 Å². The van der Waals surface area contributed by atoms with Crippen molar-refractivity contribution in [2.24, 2.45) is 0 Å². The van der Waals surface area contributed by atoms with Crippen LogP contribution in [-0.4, -0.2) is 25.6 Å². The zero-order chi connectivity index (χ0) is 16.1. The summed E-state index contributed by atoms with van der Waals surface area (Å²) in [7, 11) is -5.74. The predicted molar refractivity (Wildman–Crippen MR) is 66.0 cm³/mol. The Kier molecular flexibility index (Phi) is 3.71. The molecule has 1 aromatic rings. The standard InChI is InChI=1S/C12H13F3O5S/c1-11(2)9-4-3-7(5-8(9)10(16)6-19-11)20-21(17,18)12(13,14)15/h3-5,10,16H,6H2,1-2H3. The van der Waals surface area contributed by atoms with E-state index in [9.17, 15) is 26.7 Å². The van der Waals surface area contributed by atoms with Crippen molar-refractivity contribution < 1.29 is 35.6 Å². The highest BCUT2D eigenvalue weighted by molar-refractivity contribution is 7.87. The van der Waals surface area contributed by atoms with Gasteiger partial charge in [-0.1, -0.05) is 6.07 Å². The fraction of sp³-hybridized carbons (Fsp3) is 0.500. The molecule has 0 saturated heterocycles. The van der Waals surface area contributed by atoms with Gasteiger partial charge in [0.15, 0.2) is 0 Å². The molecular formula is C12H13F3O5S. The van der Waals surface area contributed by atoms with Gasteiger partial charge in [-0.25, -0.2) is 0 Å². The number of benzene rings is 1. The van der Waals surface area contributed by atoms with E-state index in [2.05, 4.69) is 4.18 Å². The minimum atomic E-state index is -5.74. The van der Waals surface area contributed by atoms with E-state index in [1.165, 1.54) is 6.07 Å². The molecule has 0 bridgehead atoms. The SMILES string of the molecule is CC1(C)OCC(O)c2cc(OS(=O)(=O)C(F)(F)F)ccc21. The molecule has 1 aliphatic rings. The van der Waals surface area contributed by atoms with Crippen LogP contribution in [-0.2, 0) is 20.5 Å². The van der Waals surface area contributed by atoms with Crippen LogP contribution in [0.15, 0.2) is 18.2 Å². The first-order chi connectivity index (χ1) is 9.44. The molecular weight excluding hydrogens is 313 g/mol. The lowest BCUT2D eigenvalue weighted by atomic mass is 9.88. The molecule has 0 spiro atoms. The van der Waals surface area contributed by atoms with Crippen LogP contribution in [0.2, 0.25) is 0 Å². The van der Waals surface area contributed by atoms with Crippen LogP contribution in [0.5, 0.6) is 5.75 Å².